The van der Waals surface area contributed by atoms with E-state index in [0.717, 1.165) is 29.8 Å². The average Bonchev–Trinajstić information content (AvgIpc) is 3.34. The van der Waals surface area contributed by atoms with Crippen LogP contribution in [-0.4, -0.2) is 53.3 Å². The first-order valence-electron chi connectivity index (χ1n) is 11.3. The largest absolute Gasteiger partial charge is 0.342 e. The minimum Gasteiger partial charge on any atom is -0.342 e. The van der Waals surface area contributed by atoms with Gasteiger partial charge in [-0.2, -0.15) is 0 Å². The molecule has 0 bridgehead atoms. The van der Waals surface area contributed by atoms with Crippen LogP contribution < -0.4 is 0 Å². The molecule has 0 unspecified atom stereocenters. The Labute approximate surface area is 204 Å². The lowest BCUT2D eigenvalue weighted by Crippen LogP contribution is -2.38. The van der Waals surface area contributed by atoms with Gasteiger partial charge in [0.15, 0.2) is 0 Å². The molecule has 1 aliphatic rings. The van der Waals surface area contributed by atoms with Crippen molar-refractivity contribution >= 4 is 34.8 Å². The molecule has 1 fully saturated rings. The molecular formula is C26H28ClN3O2S. The maximum Gasteiger partial charge on any atom is 0.273 e. The van der Waals surface area contributed by atoms with Crippen LogP contribution in [0.2, 0.25) is 5.02 Å². The second-order valence-electron chi connectivity index (χ2n) is 8.46. The van der Waals surface area contributed by atoms with E-state index in [2.05, 4.69) is 17.1 Å². The van der Waals surface area contributed by atoms with E-state index in [1.807, 2.05) is 59.8 Å². The van der Waals surface area contributed by atoms with E-state index < -0.39 is 0 Å². The van der Waals surface area contributed by atoms with Crippen molar-refractivity contribution in [2.75, 3.05) is 26.7 Å². The number of piperidine rings is 1. The van der Waals surface area contributed by atoms with Gasteiger partial charge in [0.2, 0.25) is 5.91 Å². The van der Waals surface area contributed by atoms with Crippen molar-refractivity contribution < 1.29 is 9.59 Å². The summed E-state index contributed by atoms with van der Waals surface area (Å²) in [5.74, 6) is 0.355. The normalized spacial score (nSPS) is 14.3. The maximum atomic E-state index is 12.8. The number of carbonyl (C=O) groups excluding carboxylic acids is 2. The Morgan fingerprint density at radius 2 is 1.79 bits per heavy atom. The van der Waals surface area contributed by atoms with E-state index >= 15 is 0 Å². The third-order valence-corrected chi connectivity index (χ3v) is 7.54. The zero-order valence-electron chi connectivity index (χ0n) is 18.7. The molecule has 0 spiro atoms. The third kappa shape index (κ3) is 6.01. The van der Waals surface area contributed by atoms with E-state index in [4.69, 9.17) is 11.6 Å². The lowest BCUT2D eigenvalue weighted by atomic mass is 9.97. The number of hydrogen-bond acceptors (Lipinski definition) is 4. The SMILES string of the molecule is CN(CCc1ccccc1)C(=O)c1csc(C2CCN(C(=O)Cc3ccccc3Cl)CC2)n1. The van der Waals surface area contributed by atoms with Crippen LogP contribution in [-0.2, 0) is 17.6 Å². The van der Waals surface area contributed by atoms with Crippen LogP contribution in [0.15, 0.2) is 60.0 Å². The molecular weight excluding hydrogens is 454 g/mol. The quantitative estimate of drug-likeness (QED) is 0.474. The number of aromatic nitrogens is 1. The molecule has 172 valence electrons. The fourth-order valence-electron chi connectivity index (χ4n) is 4.10. The van der Waals surface area contributed by atoms with Crippen LogP contribution in [0.3, 0.4) is 0 Å². The smallest absolute Gasteiger partial charge is 0.273 e. The van der Waals surface area contributed by atoms with E-state index in [0.29, 0.717) is 36.8 Å². The molecule has 1 aromatic heterocycles. The van der Waals surface area contributed by atoms with Crippen molar-refractivity contribution in [2.45, 2.75) is 31.6 Å². The molecule has 1 saturated heterocycles. The molecule has 4 rings (SSSR count). The van der Waals surface area contributed by atoms with Crippen molar-refractivity contribution in [3.63, 3.8) is 0 Å². The first kappa shape index (κ1) is 23.5. The van der Waals surface area contributed by atoms with Crippen molar-refractivity contribution in [3.05, 3.63) is 86.8 Å². The Hall–Kier alpha value is -2.70. The fraction of sp³-hybridized carbons (Fsp3) is 0.346. The highest BCUT2D eigenvalue weighted by atomic mass is 35.5. The van der Waals surface area contributed by atoms with Gasteiger partial charge in [0.05, 0.1) is 11.4 Å². The third-order valence-electron chi connectivity index (χ3n) is 6.16. The lowest BCUT2D eigenvalue weighted by Gasteiger charge is -2.31. The van der Waals surface area contributed by atoms with Crippen LogP contribution in [0, 0.1) is 0 Å². The Balaban J connectivity index is 1.28. The van der Waals surface area contributed by atoms with Gasteiger partial charge in [-0.1, -0.05) is 60.1 Å². The van der Waals surface area contributed by atoms with Gasteiger partial charge in [-0.3, -0.25) is 9.59 Å². The number of halogens is 1. The lowest BCUT2D eigenvalue weighted by molar-refractivity contribution is -0.131. The van der Waals surface area contributed by atoms with Gasteiger partial charge >= 0.3 is 0 Å². The molecule has 3 aromatic rings. The number of likely N-dealkylation sites (N-methyl/N-ethyl adjacent to an activating group) is 1. The van der Waals surface area contributed by atoms with Crippen LogP contribution in [0.4, 0.5) is 0 Å². The first-order valence-corrected chi connectivity index (χ1v) is 12.5. The van der Waals surface area contributed by atoms with Crippen LogP contribution >= 0.6 is 22.9 Å². The summed E-state index contributed by atoms with van der Waals surface area (Å²) >= 11 is 7.75. The number of benzene rings is 2. The highest BCUT2D eigenvalue weighted by Gasteiger charge is 2.27. The van der Waals surface area contributed by atoms with Crippen molar-refractivity contribution in [3.8, 4) is 0 Å². The van der Waals surface area contributed by atoms with E-state index in [-0.39, 0.29) is 17.7 Å². The molecule has 2 aromatic carbocycles. The summed E-state index contributed by atoms with van der Waals surface area (Å²) in [5.41, 5.74) is 2.60. The van der Waals surface area contributed by atoms with Crippen LogP contribution in [0.1, 0.15) is 45.4 Å². The number of carbonyl (C=O) groups is 2. The first-order chi connectivity index (χ1) is 16.0. The zero-order valence-corrected chi connectivity index (χ0v) is 20.3. The van der Waals surface area contributed by atoms with Gasteiger partial charge in [-0.15, -0.1) is 11.3 Å². The summed E-state index contributed by atoms with van der Waals surface area (Å²) in [6.45, 7) is 2.06. The summed E-state index contributed by atoms with van der Waals surface area (Å²) in [4.78, 5) is 33.8. The van der Waals surface area contributed by atoms with E-state index in [1.54, 1.807) is 16.2 Å². The Bertz CT molecular complexity index is 1090. The topological polar surface area (TPSA) is 53.5 Å². The Kier molecular flexibility index (Phi) is 7.78. The van der Waals surface area contributed by atoms with Gasteiger partial charge in [-0.05, 0) is 36.5 Å². The predicted octanol–water partition coefficient (Wildman–Crippen LogP) is 5.06. The van der Waals surface area contributed by atoms with Gasteiger partial charge in [-0.25, -0.2) is 4.98 Å². The highest BCUT2D eigenvalue weighted by molar-refractivity contribution is 7.09. The minimum atomic E-state index is -0.0409. The van der Waals surface area contributed by atoms with Crippen LogP contribution in [0.5, 0.6) is 0 Å². The molecule has 2 amide bonds. The standard InChI is InChI=1S/C26H28ClN3O2S/c1-29(14-11-19-7-3-2-4-8-19)26(32)23-18-33-25(28-23)20-12-15-30(16-13-20)24(31)17-21-9-5-6-10-22(21)27/h2-10,18,20H,11-17H2,1H3. The second kappa shape index (κ2) is 10.9. The molecule has 0 atom stereocenters. The van der Waals surface area contributed by atoms with Crippen molar-refractivity contribution in [2.24, 2.45) is 0 Å². The average molecular weight is 482 g/mol. The Morgan fingerprint density at radius 1 is 1.09 bits per heavy atom. The minimum absolute atomic E-state index is 0.0409. The summed E-state index contributed by atoms with van der Waals surface area (Å²) in [6, 6.07) is 17.7. The van der Waals surface area contributed by atoms with E-state index in [1.165, 1.54) is 5.56 Å². The number of amides is 2. The maximum absolute atomic E-state index is 12.8. The van der Waals surface area contributed by atoms with Crippen LogP contribution in [0.25, 0.3) is 0 Å². The number of likely N-dealkylation sites (tertiary alicyclic amines) is 1. The predicted molar refractivity (Wildman–Crippen MR) is 133 cm³/mol. The van der Waals surface area contributed by atoms with Gasteiger partial charge in [0, 0.05) is 43.0 Å². The summed E-state index contributed by atoms with van der Waals surface area (Å²) in [5, 5.41) is 3.49. The summed E-state index contributed by atoms with van der Waals surface area (Å²) in [7, 11) is 1.83. The molecule has 0 saturated carbocycles. The van der Waals surface area contributed by atoms with Gasteiger partial charge < -0.3 is 9.80 Å². The summed E-state index contributed by atoms with van der Waals surface area (Å²) < 4.78 is 0. The van der Waals surface area contributed by atoms with E-state index in [9.17, 15) is 9.59 Å². The molecule has 0 N–H and O–H groups in total. The second-order valence-corrected chi connectivity index (χ2v) is 9.75. The van der Waals surface area contributed by atoms with Crippen molar-refractivity contribution in [1.29, 1.82) is 0 Å². The molecule has 0 aliphatic carbocycles. The zero-order chi connectivity index (χ0) is 23.2. The molecule has 2 heterocycles. The van der Waals surface area contributed by atoms with Gasteiger partial charge in [0.25, 0.3) is 5.91 Å². The molecule has 7 heteroatoms. The molecule has 0 radical (unpaired) electrons. The highest BCUT2D eigenvalue weighted by Crippen LogP contribution is 2.31. The molecule has 33 heavy (non-hydrogen) atoms. The fourth-order valence-corrected chi connectivity index (χ4v) is 5.27. The number of hydrogen-bond donors (Lipinski definition) is 0. The number of nitrogens with zero attached hydrogens (tertiary/aromatic N) is 3. The number of thiazole rings is 1. The number of rotatable bonds is 7. The monoisotopic (exact) mass is 481 g/mol. The molecule has 5 nitrogen and oxygen atoms in total. The molecule has 1 aliphatic heterocycles. The summed E-state index contributed by atoms with van der Waals surface area (Å²) in [6.07, 6.45) is 2.87. The van der Waals surface area contributed by atoms with Crippen molar-refractivity contribution in [1.82, 2.24) is 14.8 Å². The Morgan fingerprint density at radius 3 is 2.52 bits per heavy atom. The van der Waals surface area contributed by atoms with Gasteiger partial charge in [0.1, 0.15) is 5.69 Å².